The van der Waals surface area contributed by atoms with Gasteiger partial charge in [-0.25, -0.2) is 0 Å². The van der Waals surface area contributed by atoms with E-state index in [1.807, 2.05) is 0 Å². The van der Waals surface area contributed by atoms with E-state index in [2.05, 4.69) is 19.9 Å². The minimum absolute atomic E-state index is 0.0651. The molecule has 23 heavy (non-hydrogen) atoms. The van der Waals surface area contributed by atoms with Gasteiger partial charge in [0, 0.05) is 0 Å². The second-order valence-electron chi connectivity index (χ2n) is 7.08. The Hall–Kier alpha value is -0.830. The highest BCUT2D eigenvalue weighted by molar-refractivity contribution is 5.75. The summed E-state index contributed by atoms with van der Waals surface area (Å²) >= 11 is 0. The molecular formula is C20H36O3. The third kappa shape index (κ3) is 7.52. The van der Waals surface area contributed by atoms with Crippen LogP contribution in [0.3, 0.4) is 0 Å². The Morgan fingerprint density at radius 3 is 2.74 bits per heavy atom. The second kappa shape index (κ2) is 11.7. The first-order valence-electron chi connectivity index (χ1n) is 9.55. The number of carbonyl (C=O) groups excluding carboxylic acids is 1. The van der Waals surface area contributed by atoms with Crippen LogP contribution >= 0.6 is 0 Å². The Labute approximate surface area is 142 Å². The smallest absolute Gasteiger partial charge is 0.312 e. The molecule has 0 amide bonds. The molecule has 0 bridgehead atoms. The summed E-state index contributed by atoms with van der Waals surface area (Å²) in [6.45, 7) is 4.30. The molecule has 0 heterocycles. The van der Waals surface area contributed by atoms with E-state index in [-0.39, 0.29) is 23.9 Å². The number of aliphatic hydroxyl groups excluding tert-OH is 1. The normalized spacial score (nSPS) is 23.8. The fourth-order valence-electron chi connectivity index (χ4n) is 3.43. The lowest BCUT2D eigenvalue weighted by Gasteiger charge is -2.23. The third-order valence-electron chi connectivity index (χ3n) is 5.15. The molecule has 0 spiro atoms. The fourth-order valence-corrected chi connectivity index (χ4v) is 3.43. The van der Waals surface area contributed by atoms with Crippen molar-refractivity contribution in [1.82, 2.24) is 0 Å². The Bertz CT molecular complexity index is 362. The fraction of sp³-hybridized carbons (Fsp3) is 0.850. The molecule has 1 fully saturated rings. The predicted molar refractivity (Wildman–Crippen MR) is 95.2 cm³/mol. The monoisotopic (exact) mass is 324 g/mol. The highest BCUT2D eigenvalue weighted by Gasteiger charge is 2.24. The molecule has 134 valence electrons. The van der Waals surface area contributed by atoms with E-state index >= 15 is 0 Å². The van der Waals surface area contributed by atoms with E-state index in [4.69, 9.17) is 4.74 Å². The summed E-state index contributed by atoms with van der Waals surface area (Å²) in [7, 11) is 1.48. The van der Waals surface area contributed by atoms with Crippen LogP contribution in [0.2, 0.25) is 0 Å². The lowest BCUT2D eigenvalue weighted by molar-refractivity contribution is -0.144. The van der Waals surface area contributed by atoms with Crippen LogP contribution in [0.15, 0.2) is 11.6 Å². The van der Waals surface area contributed by atoms with Gasteiger partial charge >= 0.3 is 5.97 Å². The van der Waals surface area contributed by atoms with Gasteiger partial charge in [-0.1, -0.05) is 64.0 Å². The van der Waals surface area contributed by atoms with Gasteiger partial charge in [0.15, 0.2) is 0 Å². The number of allylic oxidation sites excluding steroid dienone is 1. The van der Waals surface area contributed by atoms with Crippen molar-refractivity contribution in [2.45, 2.75) is 90.6 Å². The van der Waals surface area contributed by atoms with Crippen LogP contribution in [-0.2, 0) is 9.53 Å². The molecule has 0 aromatic carbocycles. The zero-order chi connectivity index (χ0) is 17.1. The summed E-state index contributed by atoms with van der Waals surface area (Å²) in [6, 6.07) is 0. The van der Waals surface area contributed by atoms with Crippen molar-refractivity contribution in [2.24, 2.45) is 11.8 Å². The van der Waals surface area contributed by atoms with Crippen molar-refractivity contribution in [3.8, 4) is 0 Å². The molecule has 0 radical (unpaired) electrons. The van der Waals surface area contributed by atoms with Crippen LogP contribution in [0.4, 0.5) is 0 Å². The van der Waals surface area contributed by atoms with Crippen LogP contribution in [0, 0.1) is 11.8 Å². The first-order chi connectivity index (χ1) is 11.1. The van der Waals surface area contributed by atoms with Gasteiger partial charge in [-0.3, -0.25) is 4.79 Å². The molecule has 0 aliphatic heterocycles. The molecule has 3 nitrogen and oxygen atoms in total. The van der Waals surface area contributed by atoms with Crippen LogP contribution in [0.1, 0.15) is 84.5 Å². The van der Waals surface area contributed by atoms with Crippen LogP contribution in [0.5, 0.6) is 0 Å². The quantitative estimate of drug-likeness (QED) is 0.387. The van der Waals surface area contributed by atoms with Crippen LogP contribution < -0.4 is 0 Å². The molecule has 0 aromatic heterocycles. The number of carbonyl (C=O) groups is 1. The first kappa shape index (κ1) is 20.2. The summed E-state index contributed by atoms with van der Waals surface area (Å²) < 4.78 is 5.01. The summed E-state index contributed by atoms with van der Waals surface area (Å²) in [5.74, 6) is 0.0992. The van der Waals surface area contributed by atoms with Crippen molar-refractivity contribution in [2.75, 3.05) is 7.11 Å². The average molecular weight is 325 g/mol. The van der Waals surface area contributed by atoms with Gasteiger partial charge in [0.25, 0.3) is 0 Å². The Kier molecular flexibility index (Phi) is 10.3. The van der Waals surface area contributed by atoms with Gasteiger partial charge in [-0.2, -0.15) is 0 Å². The number of rotatable bonds is 8. The SMILES string of the molecule is CCCCCC(O)C(C)CC=C1CCCCCCC1C(=O)OC. The molecule has 1 aliphatic rings. The standard InChI is InChI=1S/C20H36O3/c1-4-5-8-13-19(21)16(2)14-15-17-11-9-6-7-10-12-18(17)20(22)23-3/h15-16,18-19,21H,4-14H2,1-3H3. The molecule has 1 aliphatic carbocycles. The summed E-state index contributed by atoms with van der Waals surface area (Å²) in [5, 5.41) is 10.3. The Balaban J connectivity index is 2.62. The second-order valence-corrected chi connectivity index (χ2v) is 7.08. The van der Waals surface area contributed by atoms with Crippen LogP contribution in [-0.4, -0.2) is 24.3 Å². The Morgan fingerprint density at radius 2 is 2.04 bits per heavy atom. The third-order valence-corrected chi connectivity index (χ3v) is 5.15. The number of unbranched alkanes of at least 4 members (excludes halogenated alkanes) is 2. The van der Waals surface area contributed by atoms with E-state index in [1.54, 1.807) is 0 Å². The van der Waals surface area contributed by atoms with Gasteiger partial charge < -0.3 is 9.84 Å². The maximum Gasteiger partial charge on any atom is 0.312 e. The Morgan fingerprint density at radius 1 is 1.30 bits per heavy atom. The van der Waals surface area contributed by atoms with Gasteiger partial charge in [0.2, 0.25) is 0 Å². The molecule has 3 atom stereocenters. The van der Waals surface area contributed by atoms with Gasteiger partial charge in [-0.05, 0) is 38.0 Å². The van der Waals surface area contributed by atoms with Gasteiger partial charge in [0.05, 0.1) is 19.1 Å². The van der Waals surface area contributed by atoms with Crippen LogP contribution in [0.25, 0.3) is 0 Å². The maximum atomic E-state index is 12.1. The van der Waals surface area contributed by atoms with Gasteiger partial charge in [0.1, 0.15) is 0 Å². The first-order valence-corrected chi connectivity index (χ1v) is 9.55. The highest BCUT2D eigenvalue weighted by atomic mass is 16.5. The number of aliphatic hydroxyl groups is 1. The summed E-state index contributed by atoms with van der Waals surface area (Å²) in [5.41, 5.74) is 1.24. The van der Waals surface area contributed by atoms with Gasteiger partial charge in [-0.15, -0.1) is 0 Å². The molecule has 1 saturated carbocycles. The number of hydrogen-bond acceptors (Lipinski definition) is 3. The van der Waals surface area contributed by atoms with Crippen molar-refractivity contribution < 1.29 is 14.6 Å². The molecule has 0 saturated heterocycles. The zero-order valence-electron chi connectivity index (χ0n) is 15.4. The van der Waals surface area contributed by atoms with E-state index in [0.29, 0.717) is 0 Å². The zero-order valence-corrected chi connectivity index (χ0v) is 15.4. The lowest BCUT2D eigenvalue weighted by atomic mass is 9.84. The molecular weight excluding hydrogens is 288 g/mol. The topological polar surface area (TPSA) is 46.5 Å². The summed E-state index contributed by atoms with van der Waals surface area (Å²) in [6.07, 6.45) is 13.8. The number of esters is 1. The highest BCUT2D eigenvalue weighted by Crippen LogP contribution is 2.29. The van der Waals surface area contributed by atoms with Crippen molar-refractivity contribution >= 4 is 5.97 Å². The van der Waals surface area contributed by atoms with Crippen molar-refractivity contribution in [1.29, 1.82) is 0 Å². The van der Waals surface area contributed by atoms with E-state index in [0.717, 1.165) is 44.9 Å². The van der Waals surface area contributed by atoms with Crippen molar-refractivity contribution in [3.05, 3.63) is 11.6 Å². The predicted octanol–water partition coefficient (Wildman–Crippen LogP) is 5.02. The molecule has 3 heteroatoms. The molecule has 1 rings (SSSR count). The average Bonchev–Trinajstić information content (AvgIpc) is 2.53. The van der Waals surface area contributed by atoms with Crippen molar-refractivity contribution in [3.63, 3.8) is 0 Å². The largest absolute Gasteiger partial charge is 0.469 e. The number of hydrogen-bond donors (Lipinski definition) is 1. The van der Waals surface area contributed by atoms with E-state index < -0.39 is 0 Å². The lowest BCUT2D eigenvalue weighted by Crippen LogP contribution is -2.21. The van der Waals surface area contributed by atoms with E-state index in [9.17, 15) is 9.90 Å². The maximum absolute atomic E-state index is 12.1. The molecule has 0 aromatic rings. The number of methoxy groups -OCH3 is 1. The minimum atomic E-state index is -0.233. The molecule has 1 N–H and O–H groups in total. The van der Waals surface area contributed by atoms with E-state index in [1.165, 1.54) is 38.4 Å². The number of ether oxygens (including phenoxy) is 1. The minimum Gasteiger partial charge on any atom is -0.469 e. The molecule has 3 unspecified atom stereocenters. The summed E-state index contributed by atoms with van der Waals surface area (Å²) in [4.78, 5) is 12.1.